The van der Waals surface area contributed by atoms with Crippen LogP contribution in [-0.4, -0.2) is 88.3 Å². The zero-order chi connectivity index (χ0) is 34.7. The van der Waals surface area contributed by atoms with Crippen molar-refractivity contribution < 1.29 is 32.9 Å². The molecule has 0 unspecified atom stereocenters. The Hall–Kier alpha value is -4.34. The van der Waals surface area contributed by atoms with E-state index in [9.17, 15) is 19.0 Å². The van der Waals surface area contributed by atoms with Gasteiger partial charge in [-0.1, -0.05) is 18.4 Å². The van der Waals surface area contributed by atoms with Gasteiger partial charge in [0.25, 0.3) is 0 Å². The molecule has 2 aromatic heterocycles. The van der Waals surface area contributed by atoms with Crippen molar-refractivity contribution in [2.24, 2.45) is 5.41 Å². The number of benzene rings is 2. The zero-order valence-corrected chi connectivity index (χ0v) is 27.9. The average molecular weight is 676 g/mol. The number of hydrogen-bond acceptors (Lipinski definition) is 9. The molecule has 3 aliphatic rings. The fourth-order valence-electron chi connectivity index (χ4n) is 8.46. The number of anilines is 1. The minimum atomic E-state index is -1.05. The van der Waals surface area contributed by atoms with E-state index in [1.54, 1.807) is 6.92 Å². The first-order valence-electron chi connectivity index (χ1n) is 16.8. The number of ether oxygens (including phenoxy) is 2. The van der Waals surface area contributed by atoms with E-state index in [0.717, 1.165) is 32.1 Å². The SMILES string of the molecule is C#Cc1c(F)ccc2cc(O)cc(-c3nc(OC)c4c(N5CCCC[C@@](C)(O)C5)nc(OC[C@]56CCC[C@H]5N(C)C[C@H](F)C6)nc4c3F)c12. The molecule has 2 N–H and O–H groups in total. The van der Waals surface area contributed by atoms with Crippen LogP contribution in [0.5, 0.6) is 17.6 Å². The number of rotatable bonds is 6. The number of likely N-dealkylation sites (tertiary alicyclic amines) is 1. The summed E-state index contributed by atoms with van der Waals surface area (Å²) < 4.78 is 59.1. The van der Waals surface area contributed by atoms with Crippen LogP contribution in [-0.2, 0) is 0 Å². The van der Waals surface area contributed by atoms with Gasteiger partial charge in [0, 0.05) is 42.0 Å². The molecule has 2 aromatic carbocycles. The monoisotopic (exact) mass is 675 g/mol. The van der Waals surface area contributed by atoms with Crippen LogP contribution in [0.15, 0.2) is 24.3 Å². The second kappa shape index (κ2) is 12.5. The molecule has 4 atom stereocenters. The molecule has 0 radical (unpaired) electrons. The number of aliphatic hydroxyl groups is 1. The summed E-state index contributed by atoms with van der Waals surface area (Å²) in [5.74, 6) is 0.841. The maximum atomic E-state index is 17.1. The Morgan fingerprint density at radius 1 is 1.10 bits per heavy atom. The van der Waals surface area contributed by atoms with Gasteiger partial charge >= 0.3 is 6.01 Å². The number of hydrogen-bond donors (Lipinski definition) is 2. The lowest BCUT2D eigenvalue weighted by Crippen LogP contribution is -2.54. The van der Waals surface area contributed by atoms with E-state index in [1.165, 1.54) is 31.4 Å². The normalized spacial score (nSPS) is 26.0. The summed E-state index contributed by atoms with van der Waals surface area (Å²) in [5.41, 5.74) is -2.01. The minimum absolute atomic E-state index is 0.0179. The number of fused-ring (bicyclic) bond motifs is 3. The van der Waals surface area contributed by atoms with E-state index in [4.69, 9.17) is 20.9 Å². The Balaban J connectivity index is 1.44. The number of methoxy groups -OCH3 is 1. The van der Waals surface area contributed by atoms with Crippen LogP contribution in [0.3, 0.4) is 0 Å². The maximum absolute atomic E-state index is 17.1. The third-order valence-corrected chi connectivity index (χ3v) is 10.6. The number of halogens is 3. The molecule has 3 fully saturated rings. The smallest absolute Gasteiger partial charge is 0.319 e. The molecular weight excluding hydrogens is 635 g/mol. The van der Waals surface area contributed by atoms with E-state index in [2.05, 4.69) is 20.8 Å². The van der Waals surface area contributed by atoms with Crippen molar-refractivity contribution in [3.8, 4) is 41.2 Å². The van der Waals surface area contributed by atoms with Crippen molar-refractivity contribution in [1.29, 1.82) is 0 Å². The number of nitrogens with zero attached hydrogens (tertiary/aromatic N) is 5. The van der Waals surface area contributed by atoms with E-state index in [0.29, 0.717) is 31.3 Å². The van der Waals surface area contributed by atoms with Gasteiger partial charge in [-0.2, -0.15) is 9.97 Å². The van der Waals surface area contributed by atoms with E-state index >= 15 is 4.39 Å². The lowest BCUT2D eigenvalue weighted by atomic mass is 9.75. The summed E-state index contributed by atoms with van der Waals surface area (Å²) in [7, 11) is 3.32. The predicted molar refractivity (Wildman–Crippen MR) is 181 cm³/mol. The van der Waals surface area contributed by atoms with Crippen LogP contribution < -0.4 is 14.4 Å². The lowest BCUT2D eigenvalue weighted by Gasteiger charge is -2.45. The average Bonchev–Trinajstić information content (AvgIpc) is 3.40. The standard InChI is InChI=1S/C37H40F3N5O4/c1-5-24-26(39)11-10-21-15-23(46)16-25(28(21)24)31-30(40)32-29(34(41-31)48-4)33(45-14-7-6-12-36(2,47)19-45)43-35(42-32)49-20-37-13-8-9-27(37)44(3)18-22(38)17-37/h1,10-11,15-16,22,27,46-47H,6-9,12-14,17-20H2,2-4H3/t22-,27-,36-,37-/m1/s1. The van der Waals surface area contributed by atoms with Gasteiger partial charge in [-0.05, 0) is 76.1 Å². The fraction of sp³-hybridized carbons (Fsp3) is 0.486. The molecule has 12 heteroatoms. The summed E-state index contributed by atoms with van der Waals surface area (Å²) in [5, 5.41) is 22.6. The number of piperidine rings is 1. The van der Waals surface area contributed by atoms with Crippen LogP contribution in [0.25, 0.3) is 32.9 Å². The third kappa shape index (κ3) is 5.87. The molecule has 49 heavy (non-hydrogen) atoms. The Labute approximate surface area is 283 Å². The van der Waals surface area contributed by atoms with Gasteiger partial charge in [0.05, 0.1) is 24.9 Å². The number of terminal acetylenes is 1. The van der Waals surface area contributed by atoms with Crippen LogP contribution in [0.1, 0.15) is 57.4 Å². The van der Waals surface area contributed by atoms with Crippen LogP contribution in [0.2, 0.25) is 0 Å². The predicted octanol–water partition coefficient (Wildman–Crippen LogP) is 6.15. The molecule has 2 aliphatic heterocycles. The molecule has 7 rings (SSSR count). The topological polar surface area (TPSA) is 104 Å². The fourth-order valence-corrected chi connectivity index (χ4v) is 8.46. The molecule has 1 saturated carbocycles. The van der Waals surface area contributed by atoms with Gasteiger partial charge < -0.3 is 24.6 Å². The molecule has 1 aliphatic carbocycles. The Kier molecular flexibility index (Phi) is 8.48. The second-order valence-corrected chi connectivity index (χ2v) is 14.2. The lowest BCUT2D eigenvalue weighted by molar-refractivity contribution is -0.0244. The molecule has 0 spiro atoms. The van der Waals surface area contributed by atoms with E-state index < -0.39 is 28.8 Å². The Morgan fingerprint density at radius 3 is 2.69 bits per heavy atom. The number of alkyl halides is 1. The van der Waals surface area contributed by atoms with Gasteiger partial charge in [0.1, 0.15) is 40.2 Å². The minimum Gasteiger partial charge on any atom is -0.508 e. The van der Waals surface area contributed by atoms with E-state index in [-0.39, 0.29) is 75.8 Å². The molecule has 4 heterocycles. The van der Waals surface area contributed by atoms with Crippen molar-refractivity contribution in [2.75, 3.05) is 45.3 Å². The second-order valence-electron chi connectivity index (χ2n) is 14.2. The summed E-state index contributed by atoms with van der Waals surface area (Å²) in [4.78, 5) is 17.9. The number of phenolic OH excluding ortho intramolecular Hbond substituents is 1. The first kappa shape index (κ1) is 33.2. The van der Waals surface area contributed by atoms with Crippen molar-refractivity contribution in [2.45, 2.75) is 69.7 Å². The number of aromatic hydroxyl groups is 1. The van der Waals surface area contributed by atoms with Crippen molar-refractivity contribution in [3.63, 3.8) is 0 Å². The summed E-state index contributed by atoms with van der Waals surface area (Å²) in [6.07, 6.45) is 9.82. The largest absolute Gasteiger partial charge is 0.508 e. The molecule has 0 bridgehead atoms. The number of pyridine rings is 1. The van der Waals surface area contributed by atoms with Crippen LogP contribution >= 0.6 is 0 Å². The highest BCUT2D eigenvalue weighted by Crippen LogP contribution is 2.49. The van der Waals surface area contributed by atoms with Crippen LogP contribution in [0.4, 0.5) is 19.0 Å². The maximum Gasteiger partial charge on any atom is 0.319 e. The summed E-state index contributed by atoms with van der Waals surface area (Å²) in [6, 6.07) is 5.35. The molecule has 0 amide bonds. The molecule has 4 aromatic rings. The highest BCUT2D eigenvalue weighted by atomic mass is 19.1. The van der Waals surface area contributed by atoms with Crippen molar-refractivity contribution >= 4 is 27.5 Å². The molecule has 258 valence electrons. The van der Waals surface area contributed by atoms with Gasteiger partial charge in [-0.3, -0.25) is 4.90 Å². The number of β-amino-alcohol motifs (C(OH)–C–C–N with tert-alkyl or cyclic N) is 1. The van der Waals surface area contributed by atoms with Gasteiger partial charge in [0.15, 0.2) is 5.82 Å². The highest BCUT2D eigenvalue weighted by Gasteiger charge is 2.50. The van der Waals surface area contributed by atoms with Gasteiger partial charge in [0.2, 0.25) is 5.88 Å². The Morgan fingerprint density at radius 2 is 1.92 bits per heavy atom. The molecule has 9 nitrogen and oxygen atoms in total. The van der Waals surface area contributed by atoms with Gasteiger partial charge in [-0.25, -0.2) is 18.2 Å². The first-order valence-corrected chi connectivity index (χ1v) is 16.8. The Bertz CT molecular complexity index is 1980. The highest BCUT2D eigenvalue weighted by molar-refractivity contribution is 6.04. The van der Waals surface area contributed by atoms with Crippen molar-refractivity contribution in [3.05, 3.63) is 41.5 Å². The third-order valence-electron chi connectivity index (χ3n) is 10.6. The molecule has 2 saturated heterocycles. The summed E-state index contributed by atoms with van der Waals surface area (Å²) >= 11 is 0. The summed E-state index contributed by atoms with van der Waals surface area (Å²) in [6.45, 7) is 2.98. The number of aromatic nitrogens is 3. The van der Waals surface area contributed by atoms with E-state index in [1.807, 2.05) is 11.9 Å². The number of phenols is 1. The first-order chi connectivity index (χ1) is 23.4. The zero-order valence-electron chi connectivity index (χ0n) is 27.9. The molecular formula is C37H40F3N5O4. The van der Waals surface area contributed by atoms with Crippen LogP contribution in [0, 0.1) is 29.4 Å². The quantitative estimate of drug-likeness (QED) is 0.233. The van der Waals surface area contributed by atoms with Crippen molar-refractivity contribution in [1.82, 2.24) is 19.9 Å². The van der Waals surface area contributed by atoms with Gasteiger partial charge in [-0.15, -0.1) is 6.42 Å².